The minimum atomic E-state index is -0.0960. The van der Waals surface area contributed by atoms with Crippen LogP contribution in [0.2, 0.25) is 0 Å². The van der Waals surface area contributed by atoms with Crippen molar-refractivity contribution in [2.45, 2.75) is 20.4 Å². The van der Waals surface area contributed by atoms with Crippen molar-refractivity contribution >= 4 is 22.6 Å². The molecule has 0 atom stereocenters. The van der Waals surface area contributed by atoms with Crippen LogP contribution in [0.3, 0.4) is 0 Å². The lowest BCUT2D eigenvalue weighted by molar-refractivity contribution is -0.121. The second-order valence-electron chi connectivity index (χ2n) is 5.55. The molecule has 118 valence electrons. The molecule has 0 fully saturated rings. The molecule has 0 aliphatic rings. The molecule has 1 N–H and O–H groups in total. The molecule has 0 radical (unpaired) electrons. The van der Waals surface area contributed by atoms with Gasteiger partial charge in [0.05, 0.1) is 6.61 Å². The average molecular weight is 302 g/mol. The highest BCUT2D eigenvalue weighted by molar-refractivity contribution is 6.09. The van der Waals surface area contributed by atoms with E-state index < -0.39 is 0 Å². The Morgan fingerprint density at radius 2 is 2.00 bits per heavy atom. The van der Waals surface area contributed by atoms with E-state index in [4.69, 9.17) is 4.74 Å². The summed E-state index contributed by atoms with van der Waals surface area (Å²) < 4.78 is 6.73. The number of ether oxygens (including phenoxy) is 1. The van der Waals surface area contributed by atoms with Crippen molar-refractivity contribution in [3.63, 3.8) is 0 Å². The molecular formula is C17H22N2O3. The standard InChI is InChI=1S/C17H22N2O3/c1-12(2)17(21)14-10-19(11-16(20)18-8-9-22-3)15-7-5-4-6-13(14)15/h4-7,10,12H,8-9,11H2,1-3H3,(H,18,20). The van der Waals surface area contributed by atoms with Gasteiger partial charge < -0.3 is 14.6 Å². The Balaban J connectivity index is 2.27. The summed E-state index contributed by atoms with van der Waals surface area (Å²) in [7, 11) is 1.59. The first kappa shape index (κ1) is 16.2. The summed E-state index contributed by atoms with van der Waals surface area (Å²) in [6.07, 6.45) is 1.78. The zero-order valence-corrected chi connectivity index (χ0v) is 13.3. The molecule has 1 heterocycles. The number of fused-ring (bicyclic) bond motifs is 1. The monoisotopic (exact) mass is 302 g/mol. The van der Waals surface area contributed by atoms with E-state index in [2.05, 4.69) is 5.32 Å². The molecule has 0 spiro atoms. The minimum absolute atomic E-state index is 0.0743. The maximum atomic E-state index is 12.3. The number of rotatable bonds is 7. The van der Waals surface area contributed by atoms with Crippen LogP contribution >= 0.6 is 0 Å². The molecule has 0 aliphatic heterocycles. The predicted octanol–water partition coefficient (Wildman–Crippen LogP) is 2.24. The van der Waals surface area contributed by atoms with E-state index in [9.17, 15) is 9.59 Å². The van der Waals surface area contributed by atoms with E-state index in [0.717, 1.165) is 10.9 Å². The largest absolute Gasteiger partial charge is 0.383 e. The maximum Gasteiger partial charge on any atom is 0.240 e. The maximum absolute atomic E-state index is 12.3. The molecule has 2 aromatic rings. The number of nitrogens with one attached hydrogen (secondary N) is 1. The van der Waals surface area contributed by atoms with Gasteiger partial charge in [0.1, 0.15) is 6.54 Å². The van der Waals surface area contributed by atoms with Gasteiger partial charge in [0.15, 0.2) is 5.78 Å². The Hall–Kier alpha value is -2.14. The SMILES string of the molecule is COCCNC(=O)Cn1cc(C(=O)C(C)C)c2ccccc21. The highest BCUT2D eigenvalue weighted by Gasteiger charge is 2.18. The molecule has 1 amide bonds. The summed E-state index contributed by atoms with van der Waals surface area (Å²) in [5.74, 6) is -0.0779. The number of hydrogen-bond acceptors (Lipinski definition) is 3. The molecule has 1 aromatic carbocycles. The number of carbonyl (C=O) groups excluding carboxylic acids is 2. The number of hydrogen-bond donors (Lipinski definition) is 1. The van der Waals surface area contributed by atoms with Crippen LogP contribution in [0, 0.1) is 5.92 Å². The van der Waals surface area contributed by atoms with E-state index in [1.807, 2.05) is 42.7 Å². The molecule has 5 nitrogen and oxygen atoms in total. The van der Waals surface area contributed by atoms with E-state index in [0.29, 0.717) is 18.7 Å². The first-order valence-electron chi connectivity index (χ1n) is 7.42. The van der Waals surface area contributed by atoms with Gasteiger partial charge in [0.25, 0.3) is 0 Å². The van der Waals surface area contributed by atoms with Crippen molar-refractivity contribution in [3.05, 3.63) is 36.0 Å². The van der Waals surface area contributed by atoms with Crippen LogP contribution in [-0.4, -0.2) is 36.5 Å². The van der Waals surface area contributed by atoms with Gasteiger partial charge in [-0.1, -0.05) is 32.0 Å². The van der Waals surface area contributed by atoms with Gasteiger partial charge in [0.2, 0.25) is 5.91 Å². The number of nitrogens with zero attached hydrogens (tertiary/aromatic N) is 1. The third-order valence-corrected chi connectivity index (χ3v) is 3.52. The van der Waals surface area contributed by atoms with Crippen LogP contribution in [0.1, 0.15) is 24.2 Å². The number of benzene rings is 1. The van der Waals surface area contributed by atoms with E-state index in [1.54, 1.807) is 13.3 Å². The number of amides is 1. The number of methoxy groups -OCH3 is 1. The summed E-state index contributed by atoms with van der Waals surface area (Å²) in [6.45, 7) is 4.91. The molecule has 2 rings (SSSR count). The molecule has 0 saturated carbocycles. The van der Waals surface area contributed by atoms with Gasteiger partial charge in [-0.3, -0.25) is 9.59 Å². The predicted molar refractivity (Wildman–Crippen MR) is 86.0 cm³/mol. The zero-order valence-electron chi connectivity index (χ0n) is 13.3. The minimum Gasteiger partial charge on any atom is -0.383 e. The number of para-hydroxylation sites is 1. The number of carbonyl (C=O) groups is 2. The van der Waals surface area contributed by atoms with Crippen molar-refractivity contribution in [2.24, 2.45) is 5.92 Å². The molecular weight excluding hydrogens is 280 g/mol. The Kier molecular flexibility index (Phi) is 5.33. The van der Waals surface area contributed by atoms with Crippen LogP contribution < -0.4 is 5.32 Å². The quantitative estimate of drug-likeness (QED) is 0.630. The normalized spacial score (nSPS) is 11.1. The molecule has 5 heteroatoms. The van der Waals surface area contributed by atoms with Crippen LogP contribution in [0.5, 0.6) is 0 Å². The molecule has 1 aromatic heterocycles. The van der Waals surface area contributed by atoms with Crippen LogP contribution in [-0.2, 0) is 16.1 Å². The van der Waals surface area contributed by atoms with Crippen molar-refractivity contribution in [1.82, 2.24) is 9.88 Å². The summed E-state index contributed by atoms with van der Waals surface area (Å²) in [5, 5.41) is 3.68. The number of ketones is 1. The van der Waals surface area contributed by atoms with Crippen LogP contribution in [0.15, 0.2) is 30.5 Å². The van der Waals surface area contributed by atoms with Crippen molar-refractivity contribution < 1.29 is 14.3 Å². The lowest BCUT2D eigenvalue weighted by Crippen LogP contribution is -2.30. The zero-order chi connectivity index (χ0) is 16.1. The summed E-state index contributed by atoms with van der Waals surface area (Å²) >= 11 is 0. The van der Waals surface area contributed by atoms with E-state index in [1.165, 1.54) is 0 Å². The fourth-order valence-electron chi connectivity index (χ4n) is 2.39. The topological polar surface area (TPSA) is 60.3 Å². The van der Waals surface area contributed by atoms with Gasteiger partial charge in [-0.15, -0.1) is 0 Å². The van der Waals surface area contributed by atoms with E-state index >= 15 is 0 Å². The van der Waals surface area contributed by atoms with Gasteiger partial charge in [-0.25, -0.2) is 0 Å². The van der Waals surface area contributed by atoms with Gasteiger partial charge in [0, 0.05) is 42.2 Å². The molecule has 0 unspecified atom stereocenters. The fourth-order valence-corrected chi connectivity index (χ4v) is 2.39. The summed E-state index contributed by atoms with van der Waals surface area (Å²) in [5.41, 5.74) is 1.57. The molecule has 0 aliphatic carbocycles. The third-order valence-electron chi connectivity index (χ3n) is 3.52. The Labute approximate surface area is 130 Å². The molecule has 0 saturated heterocycles. The summed E-state index contributed by atoms with van der Waals surface area (Å²) in [4.78, 5) is 24.3. The second-order valence-corrected chi connectivity index (χ2v) is 5.55. The highest BCUT2D eigenvalue weighted by Crippen LogP contribution is 2.23. The molecule has 22 heavy (non-hydrogen) atoms. The van der Waals surface area contributed by atoms with E-state index in [-0.39, 0.29) is 24.2 Å². The average Bonchev–Trinajstić information content (AvgIpc) is 2.85. The van der Waals surface area contributed by atoms with Gasteiger partial charge in [-0.05, 0) is 6.07 Å². The lowest BCUT2D eigenvalue weighted by atomic mass is 10.0. The van der Waals surface area contributed by atoms with Crippen LogP contribution in [0.25, 0.3) is 10.9 Å². The van der Waals surface area contributed by atoms with Crippen molar-refractivity contribution in [2.75, 3.05) is 20.3 Å². The Morgan fingerprint density at radius 1 is 1.27 bits per heavy atom. The molecule has 0 bridgehead atoms. The van der Waals surface area contributed by atoms with Gasteiger partial charge >= 0.3 is 0 Å². The Bertz CT molecular complexity index is 674. The first-order chi connectivity index (χ1) is 10.5. The van der Waals surface area contributed by atoms with Crippen molar-refractivity contribution in [3.8, 4) is 0 Å². The highest BCUT2D eigenvalue weighted by atomic mass is 16.5. The Morgan fingerprint density at radius 3 is 2.68 bits per heavy atom. The summed E-state index contributed by atoms with van der Waals surface area (Å²) in [6, 6.07) is 7.66. The smallest absolute Gasteiger partial charge is 0.240 e. The van der Waals surface area contributed by atoms with Crippen LogP contribution in [0.4, 0.5) is 0 Å². The third kappa shape index (κ3) is 3.54. The second kappa shape index (κ2) is 7.22. The fraction of sp³-hybridized carbons (Fsp3) is 0.412. The van der Waals surface area contributed by atoms with Crippen molar-refractivity contribution in [1.29, 1.82) is 0 Å². The number of Topliss-reactive ketones (excluding diaryl/α,β-unsaturated/α-hetero) is 1. The number of aromatic nitrogens is 1. The van der Waals surface area contributed by atoms with Gasteiger partial charge in [-0.2, -0.15) is 0 Å². The first-order valence-corrected chi connectivity index (χ1v) is 7.42. The lowest BCUT2D eigenvalue weighted by Gasteiger charge is -2.06.